The zero-order chi connectivity index (χ0) is 18.3. The number of aromatic nitrogens is 2. The zero-order valence-corrected chi connectivity index (χ0v) is 14.2. The number of nitrogen functional groups attached to an aromatic ring is 1. The van der Waals surface area contributed by atoms with Gasteiger partial charge in [-0.1, -0.05) is 30.3 Å². The monoisotopic (exact) mass is 352 g/mol. The summed E-state index contributed by atoms with van der Waals surface area (Å²) in [7, 11) is 0. The Morgan fingerprint density at radius 2 is 1.96 bits per heavy atom. The molecular formula is C19H20N4O3. The maximum atomic E-state index is 12.8. The van der Waals surface area contributed by atoms with Crippen LogP contribution in [-0.4, -0.2) is 27.3 Å². The SMILES string of the molecule is Nc1nc(=O)n([C@@H]2CC[C@H]3CC(=O)N[C@@H]2C3)cc1C(=O)c1ccccc1. The van der Waals surface area contributed by atoms with Crippen LogP contribution in [0.3, 0.4) is 0 Å². The van der Waals surface area contributed by atoms with E-state index >= 15 is 0 Å². The van der Waals surface area contributed by atoms with E-state index in [1.807, 2.05) is 6.07 Å². The van der Waals surface area contributed by atoms with Crippen LogP contribution in [-0.2, 0) is 4.79 Å². The molecule has 1 saturated carbocycles. The van der Waals surface area contributed by atoms with E-state index < -0.39 is 5.69 Å². The first-order valence-electron chi connectivity index (χ1n) is 8.80. The van der Waals surface area contributed by atoms with Crippen LogP contribution < -0.4 is 16.7 Å². The Morgan fingerprint density at radius 1 is 1.19 bits per heavy atom. The van der Waals surface area contributed by atoms with Crippen molar-refractivity contribution < 1.29 is 9.59 Å². The van der Waals surface area contributed by atoms with Gasteiger partial charge in [0, 0.05) is 24.2 Å². The maximum Gasteiger partial charge on any atom is 0.349 e. The van der Waals surface area contributed by atoms with Crippen molar-refractivity contribution in [3.8, 4) is 0 Å². The number of hydrogen-bond acceptors (Lipinski definition) is 5. The smallest absolute Gasteiger partial charge is 0.349 e. The summed E-state index contributed by atoms with van der Waals surface area (Å²) in [5.41, 5.74) is 6.07. The molecule has 2 aromatic rings. The third-order valence-corrected chi connectivity index (χ3v) is 5.36. The second kappa shape index (κ2) is 6.40. The number of rotatable bonds is 3. The molecule has 0 spiro atoms. The molecule has 2 fully saturated rings. The van der Waals surface area contributed by atoms with Gasteiger partial charge in [-0.2, -0.15) is 4.98 Å². The summed E-state index contributed by atoms with van der Waals surface area (Å²) in [6, 6.07) is 8.44. The number of carbonyl (C=O) groups is 2. The molecule has 7 nitrogen and oxygen atoms in total. The van der Waals surface area contributed by atoms with Crippen molar-refractivity contribution in [2.75, 3.05) is 5.73 Å². The lowest BCUT2D eigenvalue weighted by Gasteiger charge is -2.41. The molecule has 1 aliphatic heterocycles. The van der Waals surface area contributed by atoms with Gasteiger partial charge in [-0.05, 0) is 25.2 Å². The van der Waals surface area contributed by atoms with E-state index in [-0.39, 0.29) is 35.2 Å². The second-order valence-electron chi connectivity index (χ2n) is 7.05. The van der Waals surface area contributed by atoms with Crippen molar-refractivity contribution >= 4 is 17.5 Å². The predicted octanol–water partition coefficient (Wildman–Crippen LogP) is 1.29. The number of nitrogens with two attached hydrogens (primary N) is 1. The van der Waals surface area contributed by atoms with E-state index in [1.165, 1.54) is 10.8 Å². The van der Waals surface area contributed by atoms with E-state index in [1.54, 1.807) is 24.3 Å². The van der Waals surface area contributed by atoms with Crippen LogP contribution in [0.2, 0.25) is 0 Å². The number of piperidine rings is 1. The second-order valence-corrected chi connectivity index (χ2v) is 7.05. The highest BCUT2D eigenvalue weighted by Crippen LogP contribution is 2.36. The summed E-state index contributed by atoms with van der Waals surface area (Å²) in [5.74, 6) is 0.0491. The van der Waals surface area contributed by atoms with Gasteiger partial charge in [0.15, 0.2) is 5.78 Å². The molecular weight excluding hydrogens is 332 g/mol. The first-order chi connectivity index (χ1) is 12.5. The minimum atomic E-state index is -0.490. The summed E-state index contributed by atoms with van der Waals surface area (Å²) < 4.78 is 1.47. The van der Waals surface area contributed by atoms with Gasteiger partial charge >= 0.3 is 5.69 Å². The Bertz CT molecular complexity index is 922. The lowest BCUT2D eigenvalue weighted by atomic mass is 9.77. The molecule has 2 aliphatic rings. The van der Waals surface area contributed by atoms with E-state index in [0.717, 1.165) is 19.3 Å². The first-order valence-corrected chi connectivity index (χ1v) is 8.80. The molecule has 4 rings (SSSR count). The van der Waals surface area contributed by atoms with Crippen LogP contribution >= 0.6 is 0 Å². The highest BCUT2D eigenvalue weighted by atomic mass is 16.2. The van der Waals surface area contributed by atoms with Crippen molar-refractivity contribution in [3.05, 3.63) is 58.1 Å². The minimum absolute atomic E-state index is 0.0213. The molecule has 134 valence electrons. The third kappa shape index (κ3) is 2.89. The molecule has 2 heterocycles. The average molecular weight is 352 g/mol. The fourth-order valence-electron chi connectivity index (χ4n) is 4.08. The summed E-state index contributed by atoms with van der Waals surface area (Å²) in [6.45, 7) is 0. The molecule has 0 unspecified atom stereocenters. The Kier molecular flexibility index (Phi) is 4.06. The lowest BCUT2D eigenvalue weighted by molar-refractivity contribution is -0.126. The fourth-order valence-corrected chi connectivity index (χ4v) is 4.08. The van der Waals surface area contributed by atoms with Gasteiger partial charge in [-0.3, -0.25) is 14.2 Å². The van der Waals surface area contributed by atoms with Gasteiger partial charge in [-0.25, -0.2) is 4.79 Å². The molecule has 0 radical (unpaired) electrons. The number of carbonyl (C=O) groups excluding carboxylic acids is 2. The van der Waals surface area contributed by atoms with Crippen molar-refractivity contribution in [1.82, 2.24) is 14.9 Å². The molecule has 7 heteroatoms. The number of benzene rings is 1. The largest absolute Gasteiger partial charge is 0.383 e. The molecule has 3 atom stereocenters. The van der Waals surface area contributed by atoms with Gasteiger partial charge in [-0.15, -0.1) is 0 Å². The third-order valence-electron chi connectivity index (χ3n) is 5.36. The molecule has 1 saturated heterocycles. The minimum Gasteiger partial charge on any atom is -0.383 e. The summed E-state index contributed by atoms with van der Waals surface area (Å²) >= 11 is 0. The first kappa shape index (κ1) is 16.5. The van der Waals surface area contributed by atoms with Gasteiger partial charge in [0.25, 0.3) is 0 Å². The van der Waals surface area contributed by atoms with E-state index in [2.05, 4.69) is 10.3 Å². The van der Waals surface area contributed by atoms with Crippen molar-refractivity contribution in [1.29, 1.82) is 0 Å². The molecule has 1 amide bonds. The van der Waals surface area contributed by atoms with Crippen molar-refractivity contribution in [2.24, 2.45) is 5.92 Å². The number of fused-ring (bicyclic) bond motifs is 2. The zero-order valence-electron chi connectivity index (χ0n) is 14.2. The Labute approximate surface area is 150 Å². The van der Waals surface area contributed by atoms with E-state index in [9.17, 15) is 14.4 Å². The van der Waals surface area contributed by atoms with Crippen LogP contribution in [0, 0.1) is 5.92 Å². The van der Waals surface area contributed by atoms with Crippen LogP contribution in [0.25, 0.3) is 0 Å². The van der Waals surface area contributed by atoms with Crippen molar-refractivity contribution in [3.63, 3.8) is 0 Å². The molecule has 3 N–H and O–H groups in total. The number of nitrogens with one attached hydrogen (secondary N) is 1. The van der Waals surface area contributed by atoms with Crippen LogP contribution in [0.5, 0.6) is 0 Å². The number of anilines is 1. The summed E-state index contributed by atoms with van der Waals surface area (Å²) in [4.78, 5) is 41.0. The summed E-state index contributed by atoms with van der Waals surface area (Å²) in [5, 5.41) is 2.98. The molecule has 1 aliphatic carbocycles. The average Bonchev–Trinajstić information content (AvgIpc) is 2.63. The normalized spacial score (nSPS) is 24.8. The van der Waals surface area contributed by atoms with Gasteiger partial charge in [0.1, 0.15) is 5.82 Å². The summed E-state index contributed by atoms with van der Waals surface area (Å²) in [6.07, 6.45) is 4.55. The van der Waals surface area contributed by atoms with Crippen LogP contribution in [0.4, 0.5) is 5.82 Å². The van der Waals surface area contributed by atoms with Crippen LogP contribution in [0.15, 0.2) is 41.3 Å². The van der Waals surface area contributed by atoms with Crippen LogP contribution in [0.1, 0.15) is 47.6 Å². The lowest BCUT2D eigenvalue weighted by Crippen LogP contribution is -2.51. The molecule has 1 aromatic heterocycles. The highest BCUT2D eigenvalue weighted by molar-refractivity contribution is 6.11. The quantitative estimate of drug-likeness (QED) is 0.810. The molecule has 2 bridgehead atoms. The van der Waals surface area contributed by atoms with Gasteiger partial charge < -0.3 is 11.1 Å². The Hall–Kier alpha value is -2.96. The maximum absolute atomic E-state index is 12.8. The Morgan fingerprint density at radius 3 is 2.73 bits per heavy atom. The van der Waals surface area contributed by atoms with E-state index in [0.29, 0.717) is 17.9 Å². The topological polar surface area (TPSA) is 107 Å². The predicted molar refractivity (Wildman–Crippen MR) is 95.7 cm³/mol. The number of amides is 1. The number of hydrogen-bond donors (Lipinski definition) is 2. The standard InChI is InChI=1S/C19H20N4O3/c20-18-13(17(25)12-4-2-1-3-5-12)10-23(19(26)22-18)15-7-6-11-8-14(15)21-16(24)9-11/h1-5,10-11,14-15H,6-9H2,(H,21,24)(H2,20,22,26)/t11-,14-,15-/m1/s1. The highest BCUT2D eigenvalue weighted by Gasteiger charge is 2.38. The molecule has 1 aromatic carbocycles. The van der Waals surface area contributed by atoms with Gasteiger partial charge in [0.05, 0.1) is 11.6 Å². The van der Waals surface area contributed by atoms with Gasteiger partial charge in [0.2, 0.25) is 5.91 Å². The number of ketones is 1. The van der Waals surface area contributed by atoms with E-state index in [4.69, 9.17) is 5.73 Å². The Balaban J connectivity index is 1.72. The fraction of sp³-hybridized carbons (Fsp3) is 0.368. The number of nitrogens with zero attached hydrogens (tertiary/aromatic N) is 2. The molecule has 26 heavy (non-hydrogen) atoms. The van der Waals surface area contributed by atoms with Crippen molar-refractivity contribution in [2.45, 2.75) is 37.8 Å².